The normalized spacial score (nSPS) is 10.8. The molecule has 0 aliphatic heterocycles. The van der Waals surface area contributed by atoms with E-state index < -0.39 is 0 Å². The molecule has 0 saturated heterocycles. The second kappa shape index (κ2) is 9.88. The standard InChI is InChI=1S/C23H22N4O3S2/c1-15-22(32-23(25-15)19-7-4-12-31-19)18-8-9-21(29)27(26-18)11-10-24-20(28)14-16-5-3-6-17(13-16)30-2/h3-9,12-13H,10-11,14H2,1-2H3,(H,24,28). The van der Waals surface area contributed by atoms with Crippen molar-refractivity contribution in [3.63, 3.8) is 0 Å². The Hall–Kier alpha value is -3.30. The van der Waals surface area contributed by atoms with E-state index in [2.05, 4.69) is 15.4 Å². The van der Waals surface area contributed by atoms with Crippen LogP contribution in [0.25, 0.3) is 20.5 Å². The van der Waals surface area contributed by atoms with Gasteiger partial charge >= 0.3 is 0 Å². The fourth-order valence-corrected chi connectivity index (χ4v) is 5.03. The summed E-state index contributed by atoms with van der Waals surface area (Å²) in [7, 11) is 1.59. The predicted molar refractivity (Wildman–Crippen MR) is 127 cm³/mol. The van der Waals surface area contributed by atoms with Crippen molar-refractivity contribution >= 4 is 28.6 Å². The summed E-state index contributed by atoms with van der Waals surface area (Å²) in [6, 6.07) is 14.6. The number of nitrogens with one attached hydrogen (secondary N) is 1. The van der Waals surface area contributed by atoms with Crippen LogP contribution in [-0.2, 0) is 17.8 Å². The summed E-state index contributed by atoms with van der Waals surface area (Å²) in [5.41, 5.74) is 2.23. The Labute approximate surface area is 193 Å². The highest BCUT2D eigenvalue weighted by molar-refractivity contribution is 7.23. The molecule has 9 heteroatoms. The third-order valence-corrected chi connectivity index (χ3v) is 6.99. The predicted octanol–water partition coefficient (Wildman–Crippen LogP) is 3.77. The molecule has 0 bridgehead atoms. The summed E-state index contributed by atoms with van der Waals surface area (Å²) < 4.78 is 6.57. The molecule has 1 amide bonds. The minimum Gasteiger partial charge on any atom is -0.497 e. The number of thiazole rings is 1. The number of benzene rings is 1. The molecule has 0 saturated carbocycles. The number of hydrogen-bond acceptors (Lipinski definition) is 7. The summed E-state index contributed by atoms with van der Waals surface area (Å²) >= 11 is 3.20. The smallest absolute Gasteiger partial charge is 0.266 e. The third kappa shape index (κ3) is 5.12. The fraction of sp³-hybridized carbons (Fsp3) is 0.217. The molecular formula is C23H22N4O3S2. The van der Waals surface area contributed by atoms with Crippen molar-refractivity contribution < 1.29 is 9.53 Å². The first-order valence-corrected chi connectivity index (χ1v) is 11.7. The van der Waals surface area contributed by atoms with Gasteiger partial charge in [-0.15, -0.1) is 22.7 Å². The fourth-order valence-electron chi connectivity index (χ4n) is 3.20. The minimum absolute atomic E-state index is 0.124. The lowest BCUT2D eigenvalue weighted by Gasteiger charge is -2.09. The lowest BCUT2D eigenvalue weighted by molar-refractivity contribution is -0.120. The van der Waals surface area contributed by atoms with Crippen LogP contribution in [0.1, 0.15) is 11.3 Å². The summed E-state index contributed by atoms with van der Waals surface area (Å²) in [6.07, 6.45) is 0.241. The zero-order valence-electron chi connectivity index (χ0n) is 17.7. The molecule has 3 heterocycles. The van der Waals surface area contributed by atoms with Gasteiger partial charge in [0.05, 0.1) is 35.5 Å². The molecular weight excluding hydrogens is 444 g/mol. The lowest BCUT2D eigenvalue weighted by Crippen LogP contribution is -2.32. The number of ether oxygens (including phenoxy) is 1. The van der Waals surface area contributed by atoms with Crippen molar-refractivity contribution in [2.24, 2.45) is 0 Å². The summed E-state index contributed by atoms with van der Waals surface area (Å²) in [5.74, 6) is 0.588. The Morgan fingerprint density at radius 3 is 2.84 bits per heavy atom. The highest BCUT2D eigenvalue weighted by Gasteiger charge is 2.14. The number of carbonyl (C=O) groups excluding carboxylic acids is 1. The van der Waals surface area contributed by atoms with Crippen molar-refractivity contribution in [1.82, 2.24) is 20.1 Å². The summed E-state index contributed by atoms with van der Waals surface area (Å²) in [4.78, 5) is 31.2. The molecule has 32 heavy (non-hydrogen) atoms. The van der Waals surface area contributed by atoms with Gasteiger partial charge in [-0.3, -0.25) is 9.59 Å². The maximum Gasteiger partial charge on any atom is 0.266 e. The molecule has 0 atom stereocenters. The van der Waals surface area contributed by atoms with Crippen molar-refractivity contribution in [1.29, 1.82) is 0 Å². The second-order valence-corrected chi connectivity index (χ2v) is 9.02. The molecule has 0 fully saturated rings. The van der Waals surface area contributed by atoms with Gasteiger partial charge in [0.1, 0.15) is 16.5 Å². The number of carbonyl (C=O) groups is 1. The second-order valence-electron chi connectivity index (χ2n) is 7.07. The number of thiophene rings is 1. The van der Waals surface area contributed by atoms with Gasteiger partial charge in [-0.05, 0) is 42.1 Å². The minimum atomic E-state index is -0.212. The van der Waals surface area contributed by atoms with E-state index >= 15 is 0 Å². The number of aryl methyl sites for hydroxylation is 1. The average molecular weight is 467 g/mol. The van der Waals surface area contributed by atoms with Crippen molar-refractivity contribution in [2.75, 3.05) is 13.7 Å². The zero-order valence-corrected chi connectivity index (χ0v) is 19.3. The van der Waals surface area contributed by atoms with E-state index in [-0.39, 0.29) is 24.4 Å². The average Bonchev–Trinajstić information content (AvgIpc) is 3.45. The van der Waals surface area contributed by atoms with Crippen molar-refractivity contribution in [2.45, 2.75) is 19.9 Å². The van der Waals surface area contributed by atoms with E-state index in [0.29, 0.717) is 18.0 Å². The van der Waals surface area contributed by atoms with Crippen LogP contribution in [0.4, 0.5) is 0 Å². The van der Waals surface area contributed by atoms with Gasteiger partial charge in [-0.25, -0.2) is 9.67 Å². The highest BCUT2D eigenvalue weighted by atomic mass is 32.1. The van der Waals surface area contributed by atoms with E-state index in [4.69, 9.17) is 4.74 Å². The van der Waals surface area contributed by atoms with Crippen LogP contribution in [0, 0.1) is 6.92 Å². The quantitative estimate of drug-likeness (QED) is 0.427. The van der Waals surface area contributed by atoms with Crippen LogP contribution in [0.2, 0.25) is 0 Å². The molecule has 1 aromatic carbocycles. The SMILES string of the molecule is COc1cccc(CC(=O)NCCn2nc(-c3sc(-c4cccs4)nc3C)ccc2=O)c1. The molecule has 0 spiro atoms. The Bertz CT molecular complexity index is 1280. The van der Waals surface area contributed by atoms with E-state index in [1.807, 2.05) is 48.7 Å². The van der Waals surface area contributed by atoms with Crippen LogP contribution in [0.5, 0.6) is 5.75 Å². The van der Waals surface area contributed by atoms with Gasteiger partial charge < -0.3 is 10.1 Å². The molecule has 4 aromatic rings. The Morgan fingerprint density at radius 2 is 2.06 bits per heavy atom. The molecule has 0 aliphatic carbocycles. The zero-order chi connectivity index (χ0) is 22.5. The van der Waals surface area contributed by atoms with E-state index in [1.165, 1.54) is 10.7 Å². The topological polar surface area (TPSA) is 86.1 Å². The van der Waals surface area contributed by atoms with Gasteiger partial charge in [0, 0.05) is 12.6 Å². The van der Waals surface area contributed by atoms with Gasteiger partial charge in [0.25, 0.3) is 5.56 Å². The van der Waals surface area contributed by atoms with Crippen LogP contribution < -0.4 is 15.6 Å². The molecule has 0 unspecified atom stereocenters. The van der Waals surface area contributed by atoms with Crippen LogP contribution in [0.3, 0.4) is 0 Å². The molecule has 164 valence electrons. The maximum absolute atomic E-state index is 12.3. The number of nitrogens with zero attached hydrogens (tertiary/aromatic N) is 3. The lowest BCUT2D eigenvalue weighted by atomic mass is 10.1. The molecule has 4 rings (SSSR count). The molecule has 0 radical (unpaired) electrons. The Balaban J connectivity index is 1.41. The Morgan fingerprint density at radius 1 is 1.19 bits per heavy atom. The largest absolute Gasteiger partial charge is 0.497 e. The van der Waals surface area contributed by atoms with Gasteiger partial charge in [-0.1, -0.05) is 18.2 Å². The van der Waals surface area contributed by atoms with Crippen molar-refractivity contribution in [3.8, 4) is 26.2 Å². The van der Waals surface area contributed by atoms with E-state index in [1.54, 1.807) is 35.8 Å². The van der Waals surface area contributed by atoms with Crippen LogP contribution in [0.15, 0.2) is 58.7 Å². The van der Waals surface area contributed by atoms with E-state index in [9.17, 15) is 9.59 Å². The van der Waals surface area contributed by atoms with Gasteiger partial charge in [0.2, 0.25) is 5.91 Å². The summed E-state index contributed by atoms with van der Waals surface area (Å²) in [6.45, 7) is 2.53. The molecule has 1 N–H and O–H groups in total. The highest BCUT2D eigenvalue weighted by Crippen LogP contribution is 2.35. The van der Waals surface area contributed by atoms with Crippen LogP contribution in [-0.4, -0.2) is 34.3 Å². The first kappa shape index (κ1) is 21.9. The van der Waals surface area contributed by atoms with Gasteiger partial charge in [-0.2, -0.15) is 5.10 Å². The van der Waals surface area contributed by atoms with Crippen LogP contribution >= 0.6 is 22.7 Å². The number of aromatic nitrogens is 3. The van der Waals surface area contributed by atoms with Crippen molar-refractivity contribution in [3.05, 3.63) is 75.5 Å². The number of methoxy groups -OCH3 is 1. The number of hydrogen-bond donors (Lipinski definition) is 1. The molecule has 0 aliphatic rings. The summed E-state index contributed by atoms with van der Waals surface area (Å²) in [5, 5.41) is 10.3. The van der Waals surface area contributed by atoms with Gasteiger partial charge in [0.15, 0.2) is 0 Å². The molecule has 7 nitrogen and oxygen atoms in total. The third-order valence-electron chi connectivity index (χ3n) is 4.77. The first-order chi connectivity index (χ1) is 15.5. The molecule has 3 aromatic heterocycles. The van der Waals surface area contributed by atoms with E-state index in [0.717, 1.165) is 26.0 Å². The first-order valence-electron chi connectivity index (χ1n) is 10.0. The Kier molecular flexibility index (Phi) is 6.77. The number of rotatable bonds is 8. The number of amides is 1. The monoisotopic (exact) mass is 466 g/mol. The maximum atomic E-state index is 12.3.